The van der Waals surface area contributed by atoms with Crippen LogP contribution in [0.1, 0.15) is 40.0 Å². The maximum absolute atomic E-state index is 10.5. The third kappa shape index (κ3) is 8.56. The molecule has 0 saturated carbocycles. The average molecular weight is 314 g/mol. The van der Waals surface area contributed by atoms with Crippen LogP contribution in [0.15, 0.2) is 4.99 Å². The van der Waals surface area contributed by atoms with Crippen molar-refractivity contribution in [2.24, 2.45) is 4.99 Å². The van der Waals surface area contributed by atoms with Gasteiger partial charge in [0.25, 0.3) is 0 Å². The van der Waals surface area contributed by atoms with E-state index in [1.54, 1.807) is 0 Å². The van der Waals surface area contributed by atoms with E-state index in [0.717, 1.165) is 51.8 Å². The zero-order valence-corrected chi connectivity index (χ0v) is 14.5. The van der Waals surface area contributed by atoms with Gasteiger partial charge in [-0.2, -0.15) is 0 Å². The van der Waals surface area contributed by atoms with Gasteiger partial charge in [0.1, 0.15) is 0 Å². The lowest BCUT2D eigenvalue weighted by Gasteiger charge is -2.33. The number of nitrogens with zero attached hydrogens (tertiary/aromatic N) is 2. The first-order chi connectivity index (χ1) is 10.6. The van der Waals surface area contributed by atoms with Crippen molar-refractivity contribution < 1.29 is 9.84 Å². The van der Waals surface area contributed by atoms with Crippen LogP contribution < -0.4 is 10.6 Å². The fourth-order valence-corrected chi connectivity index (χ4v) is 2.46. The summed E-state index contributed by atoms with van der Waals surface area (Å²) in [4.78, 5) is 6.77. The average Bonchev–Trinajstić information content (AvgIpc) is 2.49. The minimum absolute atomic E-state index is 0.396. The van der Waals surface area contributed by atoms with E-state index in [-0.39, 0.29) is 0 Å². The number of rotatable bonds is 9. The van der Waals surface area contributed by atoms with Crippen molar-refractivity contribution >= 4 is 5.96 Å². The number of β-amino-alcohol motifs (C(OH)–C–C–N with tert-alkyl or cyclic N) is 1. The summed E-state index contributed by atoms with van der Waals surface area (Å²) < 4.78 is 5.34. The molecule has 6 heteroatoms. The monoisotopic (exact) mass is 314 g/mol. The topological polar surface area (TPSA) is 69.1 Å². The lowest BCUT2D eigenvalue weighted by atomic mass is 10.1. The van der Waals surface area contributed by atoms with Crippen molar-refractivity contribution in [2.45, 2.75) is 45.6 Å². The van der Waals surface area contributed by atoms with Crippen LogP contribution in [-0.2, 0) is 4.74 Å². The highest BCUT2D eigenvalue weighted by atomic mass is 16.5. The molecule has 22 heavy (non-hydrogen) atoms. The SMILES string of the molecule is CCCCCNC(=NCC(C)(O)CN1CCOCC1)NCC. The molecule has 1 saturated heterocycles. The van der Waals surface area contributed by atoms with Crippen LogP contribution in [0.4, 0.5) is 0 Å². The van der Waals surface area contributed by atoms with E-state index in [1.165, 1.54) is 12.8 Å². The van der Waals surface area contributed by atoms with E-state index in [0.29, 0.717) is 13.1 Å². The predicted molar refractivity (Wildman–Crippen MR) is 91.4 cm³/mol. The van der Waals surface area contributed by atoms with E-state index >= 15 is 0 Å². The smallest absolute Gasteiger partial charge is 0.191 e. The Morgan fingerprint density at radius 2 is 1.95 bits per heavy atom. The third-order valence-electron chi connectivity index (χ3n) is 3.66. The van der Waals surface area contributed by atoms with Crippen molar-refractivity contribution in [3.63, 3.8) is 0 Å². The molecule has 0 aliphatic carbocycles. The molecule has 1 aliphatic rings. The second kappa shape index (κ2) is 10.8. The summed E-state index contributed by atoms with van der Waals surface area (Å²) in [6.45, 7) is 12.1. The van der Waals surface area contributed by atoms with Crippen molar-refractivity contribution in [3.8, 4) is 0 Å². The number of ether oxygens (including phenoxy) is 1. The van der Waals surface area contributed by atoms with Gasteiger partial charge in [0.2, 0.25) is 0 Å². The summed E-state index contributed by atoms with van der Waals surface area (Å²) in [5.74, 6) is 0.792. The number of guanidine groups is 1. The molecular formula is C16H34N4O2. The Bertz CT molecular complexity index is 315. The van der Waals surface area contributed by atoms with Gasteiger partial charge in [0.15, 0.2) is 5.96 Å². The molecule has 0 aromatic rings. The van der Waals surface area contributed by atoms with Crippen molar-refractivity contribution in [1.82, 2.24) is 15.5 Å². The van der Waals surface area contributed by atoms with Gasteiger partial charge in [-0.1, -0.05) is 19.8 Å². The van der Waals surface area contributed by atoms with Crippen LogP contribution in [-0.4, -0.2) is 74.0 Å². The highest BCUT2D eigenvalue weighted by Crippen LogP contribution is 2.09. The largest absolute Gasteiger partial charge is 0.387 e. The molecule has 1 aliphatic heterocycles. The Morgan fingerprint density at radius 3 is 2.59 bits per heavy atom. The van der Waals surface area contributed by atoms with Gasteiger partial charge in [0, 0.05) is 32.7 Å². The highest BCUT2D eigenvalue weighted by molar-refractivity contribution is 5.79. The van der Waals surface area contributed by atoms with E-state index < -0.39 is 5.60 Å². The fourth-order valence-electron chi connectivity index (χ4n) is 2.46. The number of hydrogen-bond acceptors (Lipinski definition) is 4. The van der Waals surface area contributed by atoms with Gasteiger partial charge in [-0.3, -0.25) is 9.89 Å². The van der Waals surface area contributed by atoms with Gasteiger partial charge < -0.3 is 20.5 Å². The van der Waals surface area contributed by atoms with Crippen molar-refractivity contribution in [2.75, 3.05) is 52.5 Å². The van der Waals surface area contributed by atoms with Crippen LogP contribution in [0.3, 0.4) is 0 Å². The molecule has 0 spiro atoms. The highest BCUT2D eigenvalue weighted by Gasteiger charge is 2.25. The molecule has 1 atom stereocenters. The quantitative estimate of drug-likeness (QED) is 0.334. The molecule has 1 fully saturated rings. The van der Waals surface area contributed by atoms with Crippen LogP contribution >= 0.6 is 0 Å². The molecule has 0 aromatic heterocycles. The van der Waals surface area contributed by atoms with E-state index in [2.05, 4.69) is 34.4 Å². The predicted octanol–water partition coefficient (Wildman–Crippen LogP) is 0.815. The second-order valence-corrected chi connectivity index (χ2v) is 6.21. The van der Waals surface area contributed by atoms with Crippen LogP contribution in [0.25, 0.3) is 0 Å². The Balaban J connectivity index is 2.40. The zero-order valence-electron chi connectivity index (χ0n) is 14.5. The Kier molecular flexibility index (Phi) is 9.43. The number of hydrogen-bond donors (Lipinski definition) is 3. The third-order valence-corrected chi connectivity index (χ3v) is 3.66. The summed E-state index contributed by atoms with van der Waals surface area (Å²) in [6, 6.07) is 0. The number of aliphatic imine (C=N–C) groups is 1. The van der Waals surface area contributed by atoms with Crippen LogP contribution in [0, 0.1) is 0 Å². The van der Waals surface area contributed by atoms with Crippen molar-refractivity contribution in [3.05, 3.63) is 0 Å². The van der Waals surface area contributed by atoms with E-state index in [9.17, 15) is 5.11 Å². The minimum atomic E-state index is -0.816. The Hall–Kier alpha value is -0.850. The Labute approximate surface area is 135 Å². The summed E-state index contributed by atoms with van der Waals surface area (Å²) in [6.07, 6.45) is 3.58. The van der Waals surface area contributed by atoms with Gasteiger partial charge in [-0.15, -0.1) is 0 Å². The second-order valence-electron chi connectivity index (χ2n) is 6.21. The first-order valence-corrected chi connectivity index (χ1v) is 8.62. The van der Waals surface area contributed by atoms with Gasteiger partial charge >= 0.3 is 0 Å². The Morgan fingerprint density at radius 1 is 1.23 bits per heavy atom. The lowest BCUT2D eigenvalue weighted by molar-refractivity contribution is -0.0179. The van der Waals surface area contributed by atoms with Crippen molar-refractivity contribution in [1.29, 1.82) is 0 Å². The van der Waals surface area contributed by atoms with E-state index in [1.807, 2.05) is 6.92 Å². The summed E-state index contributed by atoms with van der Waals surface area (Å²) >= 11 is 0. The van der Waals surface area contributed by atoms with Crippen LogP contribution in [0.2, 0.25) is 0 Å². The van der Waals surface area contributed by atoms with Gasteiger partial charge in [-0.25, -0.2) is 0 Å². The molecule has 0 amide bonds. The molecule has 1 heterocycles. The maximum Gasteiger partial charge on any atom is 0.191 e. The van der Waals surface area contributed by atoms with E-state index in [4.69, 9.17) is 4.74 Å². The number of nitrogens with one attached hydrogen (secondary N) is 2. The number of morpholine rings is 1. The minimum Gasteiger partial charge on any atom is -0.387 e. The first kappa shape index (κ1) is 19.2. The lowest BCUT2D eigenvalue weighted by Crippen LogP contribution is -2.48. The zero-order chi connectivity index (χ0) is 16.3. The summed E-state index contributed by atoms with van der Waals surface area (Å²) in [7, 11) is 0. The molecule has 0 aromatic carbocycles. The fraction of sp³-hybridized carbons (Fsp3) is 0.938. The maximum atomic E-state index is 10.5. The molecule has 1 unspecified atom stereocenters. The van der Waals surface area contributed by atoms with Crippen LogP contribution in [0.5, 0.6) is 0 Å². The number of unbranched alkanes of at least 4 members (excludes halogenated alkanes) is 2. The molecule has 130 valence electrons. The van der Waals surface area contributed by atoms with Gasteiger partial charge in [0.05, 0.1) is 25.4 Å². The molecule has 1 rings (SSSR count). The number of aliphatic hydroxyl groups is 1. The van der Waals surface area contributed by atoms with Gasteiger partial charge in [-0.05, 0) is 20.3 Å². The normalized spacial score (nSPS) is 19.7. The molecule has 3 N–H and O–H groups in total. The molecule has 0 bridgehead atoms. The standard InChI is InChI=1S/C16H34N4O2/c1-4-6-7-8-18-15(17-5-2)19-13-16(3,21)14-20-9-11-22-12-10-20/h21H,4-14H2,1-3H3,(H2,17,18,19). The summed E-state index contributed by atoms with van der Waals surface area (Å²) in [5.41, 5.74) is -0.816. The molecule has 6 nitrogen and oxygen atoms in total. The first-order valence-electron chi connectivity index (χ1n) is 8.62. The summed E-state index contributed by atoms with van der Waals surface area (Å²) in [5, 5.41) is 17.1. The molecule has 0 radical (unpaired) electrons. The molecular weight excluding hydrogens is 280 g/mol.